The predicted molar refractivity (Wildman–Crippen MR) is 82.2 cm³/mol. The summed E-state index contributed by atoms with van der Waals surface area (Å²) >= 11 is 5.75. The minimum absolute atomic E-state index is 0.117. The number of nitrogens with zero attached hydrogens (tertiary/aromatic N) is 4. The first kappa shape index (κ1) is 15.5. The lowest BCUT2D eigenvalue weighted by atomic mass is 10.2. The average molecular weight is 308 g/mol. The molecular weight excluding hydrogens is 290 g/mol. The first-order chi connectivity index (χ1) is 9.94. The van der Waals surface area contributed by atoms with Crippen molar-refractivity contribution in [3.8, 4) is 0 Å². The molecule has 0 saturated heterocycles. The number of nitrogens with one attached hydrogen (secondary N) is 1. The van der Waals surface area contributed by atoms with Crippen LogP contribution in [0.3, 0.4) is 0 Å². The monoisotopic (exact) mass is 307 g/mol. The van der Waals surface area contributed by atoms with Crippen LogP contribution in [-0.4, -0.2) is 39.2 Å². The molecule has 112 valence electrons. The zero-order valence-electron chi connectivity index (χ0n) is 12.3. The summed E-state index contributed by atoms with van der Waals surface area (Å²) in [6.45, 7) is 2.90. The molecule has 0 aromatic carbocycles. The van der Waals surface area contributed by atoms with E-state index in [2.05, 4.69) is 15.4 Å². The molecule has 0 spiro atoms. The van der Waals surface area contributed by atoms with Gasteiger partial charge >= 0.3 is 0 Å². The molecule has 7 heteroatoms. The van der Waals surface area contributed by atoms with E-state index in [0.29, 0.717) is 17.4 Å². The van der Waals surface area contributed by atoms with Crippen LogP contribution in [0.25, 0.3) is 0 Å². The van der Waals surface area contributed by atoms with Crippen LogP contribution in [0.2, 0.25) is 5.02 Å². The van der Waals surface area contributed by atoms with Crippen LogP contribution < -0.4 is 5.32 Å². The topological polar surface area (TPSA) is 63.1 Å². The lowest BCUT2D eigenvalue weighted by molar-refractivity contribution is -0.117. The number of hydrogen-bond acceptors (Lipinski definition) is 4. The fourth-order valence-corrected chi connectivity index (χ4v) is 2.14. The molecule has 0 aliphatic carbocycles. The minimum Gasteiger partial charge on any atom is -0.310 e. The molecule has 2 heterocycles. The van der Waals surface area contributed by atoms with Gasteiger partial charge in [0.25, 0.3) is 0 Å². The van der Waals surface area contributed by atoms with E-state index >= 15 is 0 Å². The molecule has 0 radical (unpaired) electrons. The number of carbonyl (C=O) groups is 1. The maximum absolute atomic E-state index is 11.9. The molecule has 6 nitrogen and oxygen atoms in total. The molecule has 2 aromatic heterocycles. The molecule has 2 rings (SSSR count). The molecule has 0 unspecified atom stereocenters. The Kier molecular flexibility index (Phi) is 4.93. The third-order valence-corrected chi connectivity index (χ3v) is 3.19. The highest BCUT2D eigenvalue weighted by molar-refractivity contribution is 6.30. The van der Waals surface area contributed by atoms with E-state index in [1.54, 1.807) is 16.8 Å². The van der Waals surface area contributed by atoms with Crippen molar-refractivity contribution in [2.24, 2.45) is 7.05 Å². The fraction of sp³-hybridized carbons (Fsp3) is 0.357. The summed E-state index contributed by atoms with van der Waals surface area (Å²) in [6.07, 6.45) is 3.46. The van der Waals surface area contributed by atoms with Crippen LogP contribution in [0.5, 0.6) is 0 Å². The van der Waals surface area contributed by atoms with Gasteiger partial charge in [-0.2, -0.15) is 5.10 Å². The van der Waals surface area contributed by atoms with E-state index in [1.165, 1.54) is 6.20 Å². The zero-order valence-corrected chi connectivity index (χ0v) is 13.1. The fourth-order valence-electron chi connectivity index (χ4n) is 2.03. The number of likely N-dealkylation sites (N-methyl/N-ethyl adjacent to an activating group) is 1. The van der Waals surface area contributed by atoms with E-state index in [4.69, 9.17) is 11.6 Å². The maximum atomic E-state index is 11.9. The van der Waals surface area contributed by atoms with Gasteiger partial charge in [0.1, 0.15) is 5.82 Å². The lowest BCUT2D eigenvalue weighted by Crippen LogP contribution is -2.30. The van der Waals surface area contributed by atoms with Crippen LogP contribution >= 0.6 is 11.6 Å². The number of carbonyl (C=O) groups excluding carboxylic acids is 1. The molecular formula is C14H18ClN5O. The number of halogens is 1. The summed E-state index contributed by atoms with van der Waals surface area (Å²) < 4.78 is 1.77. The van der Waals surface area contributed by atoms with Gasteiger partial charge in [0.15, 0.2) is 0 Å². The van der Waals surface area contributed by atoms with Gasteiger partial charge in [-0.05, 0) is 26.1 Å². The summed E-state index contributed by atoms with van der Waals surface area (Å²) in [7, 11) is 3.77. The SMILES string of the molecule is Cc1nn(C)cc1CN(C)CC(=O)Nc1ccc(Cl)cn1. The number of amides is 1. The zero-order chi connectivity index (χ0) is 15.4. The smallest absolute Gasteiger partial charge is 0.239 e. The summed E-state index contributed by atoms with van der Waals surface area (Å²) in [6, 6.07) is 3.36. The van der Waals surface area contributed by atoms with Gasteiger partial charge in [0, 0.05) is 31.5 Å². The highest BCUT2D eigenvalue weighted by Gasteiger charge is 2.11. The first-order valence-electron chi connectivity index (χ1n) is 6.53. The number of pyridine rings is 1. The Morgan fingerprint density at radius 2 is 2.24 bits per heavy atom. The van der Waals surface area contributed by atoms with Crippen molar-refractivity contribution < 1.29 is 4.79 Å². The van der Waals surface area contributed by atoms with Crippen LogP contribution in [0.15, 0.2) is 24.5 Å². The second-order valence-electron chi connectivity index (χ2n) is 5.00. The number of aryl methyl sites for hydroxylation is 2. The molecule has 1 amide bonds. The van der Waals surface area contributed by atoms with Crippen molar-refractivity contribution >= 4 is 23.3 Å². The average Bonchev–Trinajstić information content (AvgIpc) is 2.70. The van der Waals surface area contributed by atoms with Crippen molar-refractivity contribution in [2.45, 2.75) is 13.5 Å². The molecule has 0 saturated carbocycles. The van der Waals surface area contributed by atoms with Gasteiger partial charge < -0.3 is 5.32 Å². The van der Waals surface area contributed by atoms with E-state index in [0.717, 1.165) is 11.3 Å². The number of anilines is 1. The summed E-state index contributed by atoms with van der Waals surface area (Å²) in [5.41, 5.74) is 2.08. The van der Waals surface area contributed by atoms with E-state index in [9.17, 15) is 4.79 Å². The summed E-state index contributed by atoms with van der Waals surface area (Å²) in [5, 5.41) is 7.56. The van der Waals surface area contributed by atoms with Gasteiger partial charge in [-0.25, -0.2) is 4.98 Å². The second kappa shape index (κ2) is 6.69. The number of hydrogen-bond donors (Lipinski definition) is 1. The Morgan fingerprint density at radius 3 is 2.81 bits per heavy atom. The molecule has 1 N–H and O–H groups in total. The third-order valence-electron chi connectivity index (χ3n) is 2.96. The van der Waals surface area contributed by atoms with E-state index in [1.807, 2.05) is 32.1 Å². The van der Waals surface area contributed by atoms with Crippen LogP contribution in [-0.2, 0) is 18.4 Å². The number of rotatable bonds is 5. The predicted octanol–water partition coefficient (Wildman–Crippen LogP) is 1.85. The van der Waals surface area contributed by atoms with Crippen molar-refractivity contribution in [3.05, 3.63) is 40.8 Å². The first-order valence-corrected chi connectivity index (χ1v) is 6.91. The van der Waals surface area contributed by atoms with Gasteiger partial charge in [0.2, 0.25) is 5.91 Å². The Balaban J connectivity index is 1.87. The molecule has 0 aliphatic heterocycles. The Hall–Kier alpha value is -1.92. The highest BCUT2D eigenvalue weighted by atomic mass is 35.5. The summed E-state index contributed by atoms with van der Waals surface area (Å²) in [5.74, 6) is 0.379. The van der Waals surface area contributed by atoms with E-state index < -0.39 is 0 Å². The Labute approximate surface area is 128 Å². The van der Waals surface area contributed by atoms with Crippen LogP contribution in [0.1, 0.15) is 11.3 Å². The quantitative estimate of drug-likeness (QED) is 0.915. The van der Waals surface area contributed by atoms with Crippen molar-refractivity contribution in [2.75, 3.05) is 18.9 Å². The lowest BCUT2D eigenvalue weighted by Gasteiger charge is -2.15. The number of aromatic nitrogens is 3. The molecule has 0 aliphatic rings. The third kappa shape index (κ3) is 4.54. The van der Waals surface area contributed by atoms with Gasteiger partial charge in [-0.1, -0.05) is 11.6 Å². The van der Waals surface area contributed by atoms with Gasteiger partial charge in [-0.3, -0.25) is 14.4 Å². The maximum Gasteiger partial charge on any atom is 0.239 e. The molecule has 21 heavy (non-hydrogen) atoms. The van der Waals surface area contributed by atoms with E-state index in [-0.39, 0.29) is 12.5 Å². The van der Waals surface area contributed by atoms with Crippen LogP contribution in [0, 0.1) is 6.92 Å². The largest absolute Gasteiger partial charge is 0.310 e. The highest BCUT2D eigenvalue weighted by Crippen LogP contribution is 2.10. The minimum atomic E-state index is -0.117. The normalized spacial score (nSPS) is 10.9. The van der Waals surface area contributed by atoms with Crippen molar-refractivity contribution in [1.82, 2.24) is 19.7 Å². The second-order valence-corrected chi connectivity index (χ2v) is 5.43. The van der Waals surface area contributed by atoms with Gasteiger partial charge in [0.05, 0.1) is 17.3 Å². The van der Waals surface area contributed by atoms with Gasteiger partial charge in [-0.15, -0.1) is 0 Å². The Bertz CT molecular complexity index is 623. The Morgan fingerprint density at radius 1 is 1.48 bits per heavy atom. The van der Waals surface area contributed by atoms with Crippen LogP contribution in [0.4, 0.5) is 5.82 Å². The molecule has 0 bridgehead atoms. The molecule has 2 aromatic rings. The summed E-state index contributed by atoms with van der Waals surface area (Å²) in [4.78, 5) is 17.9. The van der Waals surface area contributed by atoms with Crippen molar-refractivity contribution in [1.29, 1.82) is 0 Å². The molecule has 0 atom stereocenters. The standard InChI is InChI=1S/C14H18ClN5O/c1-10-11(8-20(3)18-10)7-19(2)9-14(21)17-13-5-4-12(15)6-16-13/h4-6,8H,7,9H2,1-3H3,(H,16,17,21). The van der Waals surface area contributed by atoms with Crippen molar-refractivity contribution in [3.63, 3.8) is 0 Å². The molecule has 0 fully saturated rings.